The van der Waals surface area contributed by atoms with Crippen molar-refractivity contribution in [3.8, 4) is 11.5 Å². The van der Waals surface area contributed by atoms with Crippen LogP contribution in [0.5, 0.6) is 11.5 Å². The minimum atomic E-state index is -0.189. The van der Waals surface area contributed by atoms with Crippen molar-refractivity contribution in [1.29, 1.82) is 0 Å². The fraction of sp³-hybridized carbons (Fsp3) is 0.0556. The van der Waals surface area contributed by atoms with Crippen molar-refractivity contribution in [2.75, 3.05) is 7.11 Å². The van der Waals surface area contributed by atoms with Crippen LogP contribution >= 0.6 is 0 Å². The fourth-order valence-electron chi connectivity index (χ4n) is 2.35. The lowest BCUT2D eigenvalue weighted by atomic mass is 9.98. The van der Waals surface area contributed by atoms with Gasteiger partial charge in [0.05, 0.1) is 12.7 Å². The zero-order valence-corrected chi connectivity index (χ0v) is 11.5. The molecular weight excluding hydrogens is 264 g/mol. The molecule has 0 bridgehead atoms. The molecule has 3 heteroatoms. The van der Waals surface area contributed by atoms with E-state index < -0.39 is 0 Å². The number of hydrogen-bond donors (Lipinski definition) is 1. The molecule has 0 fully saturated rings. The lowest BCUT2D eigenvalue weighted by Gasteiger charge is -2.08. The standard InChI is InChI=1S/C18H14O3/c1-21-14-8-10-15-13(11-14)7-9-16(18(15)20)17(19)12-5-3-2-4-6-12/h2-11,20H,1H3. The van der Waals surface area contributed by atoms with E-state index in [-0.39, 0.29) is 11.5 Å². The number of rotatable bonds is 3. The van der Waals surface area contributed by atoms with E-state index >= 15 is 0 Å². The number of ether oxygens (including phenoxy) is 1. The molecule has 104 valence electrons. The lowest BCUT2D eigenvalue weighted by molar-refractivity contribution is 0.103. The molecule has 0 spiro atoms. The third-order valence-electron chi connectivity index (χ3n) is 3.48. The van der Waals surface area contributed by atoms with Crippen LogP contribution in [0.1, 0.15) is 15.9 Å². The molecule has 3 aromatic carbocycles. The Morgan fingerprint density at radius 2 is 1.76 bits per heavy atom. The smallest absolute Gasteiger partial charge is 0.196 e. The number of methoxy groups -OCH3 is 1. The van der Waals surface area contributed by atoms with Crippen LogP contribution in [0.15, 0.2) is 60.7 Å². The van der Waals surface area contributed by atoms with E-state index in [0.717, 1.165) is 5.39 Å². The fourth-order valence-corrected chi connectivity index (χ4v) is 2.35. The Balaban J connectivity index is 2.12. The first-order chi connectivity index (χ1) is 10.2. The summed E-state index contributed by atoms with van der Waals surface area (Å²) < 4.78 is 5.16. The first-order valence-corrected chi connectivity index (χ1v) is 6.60. The van der Waals surface area contributed by atoms with Crippen LogP contribution < -0.4 is 4.74 Å². The Bertz CT molecular complexity index is 807. The molecular formula is C18H14O3. The zero-order chi connectivity index (χ0) is 14.8. The van der Waals surface area contributed by atoms with Crippen LogP contribution in [-0.4, -0.2) is 18.0 Å². The van der Waals surface area contributed by atoms with E-state index in [1.165, 1.54) is 0 Å². The quantitative estimate of drug-likeness (QED) is 0.741. The molecule has 3 rings (SSSR count). The van der Waals surface area contributed by atoms with Crippen LogP contribution in [-0.2, 0) is 0 Å². The van der Waals surface area contributed by atoms with Crippen LogP contribution in [0.2, 0.25) is 0 Å². The molecule has 0 saturated heterocycles. The van der Waals surface area contributed by atoms with Crippen molar-refractivity contribution in [2.45, 2.75) is 0 Å². The van der Waals surface area contributed by atoms with E-state index in [0.29, 0.717) is 22.3 Å². The van der Waals surface area contributed by atoms with Gasteiger partial charge in [-0.1, -0.05) is 36.4 Å². The maximum Gasteiger partial charge on any atom is 0.196 e. The molecule has 3 nitrogen and oxygen atoms in total. The minimum Gasteiger partial charge on any atom is -0.507 e. The van der Waals surface area contributed by atoms with Crippen molar-refractivity contribution in [3.05, 3.63) is 71.8 Å². The zero-order valence-electron chi connectivity index (χ0n) is 11.5. The summed E-state index contributed by atoms with van der Waals surface area (Å²) in [7, 11) is 1.59. The predicted octanol–water partition coefficient (Wildman–Crippen LogP) is 3.79. The largest absolute Gasteiger partial charge is 0.507 e. The second-order valence-corrected chi connectivity index (χ2v) is 4.74. The molecule has 0 radical (unpaired) electrons. The van der Waals surface area contributed by atoms with Gasteiger partial charge in [-0.3, -0.25) is 4.79 Å². The molecule has 0 heterocycles. The van der Waals surface area contributed by atoms with Crippen LogP contribution in [0.25, 0.3) is 10.8 Å². The Morgan fingerprint density at radius 3 is 2.48 bits per heavy atom. The van der Waals surface area contributed by atoms with Gasteiger partial charge < -0.3 is 9.84 Å². The van der Waals surface area contributed by atoms with Crippen LogP contribution in [0.4, 0.5) is 0 Å². The second kappa shape index (κ2) is 5.29. The first kappa shape index (κ1) is 13.2. The van der Waals surface area contributed by atoms with E-state index in [1.807, 2.05) is 18.2 Å². The molecule has 0 aromatic heterocycles. The van der Waals surface area contributed by atoms with E-state index in [1.54, 1.807) is 49.6 Å². The normalized spacial score (nSPS) is 10.5. The van der Waals surface area contributed by atoms with Gasteiger partial charge in [-0.15, -0.1) is 0 Å². The first-order valence-electron chi connectivity index (χ1n) is 6.60. The van der Waals surface area contributed by atoms with Crippen LogP contribution in [0.3, 0.4) is 0 Å². The Labute approximate surface area is 122 Å². The van der Waals surface area contributed by atoms with Gasteiger partial charge >= 0.3 is 0 Å². The Hall–Kier alpha value is -2.81. The van der Waals surface area contributed by atoms with Gasteiger partial charge in [0.25, 0.3) is 0 Å². The highest BCUT2D eigenvalue weighted by atomic mass is 16.5. The molecule has 0 saturated carbocycles. The van der Waals surface area contributed by atoms with Crippen molar-refractivity contribution in [3.63, 3.8) is 0 Å². The molecule has 0 atom stereocenters. The molecule has 0 aliphatic heterocycles. The second-order valence-electron chi connectivity index (χ2n) is 4.74. The number of hydrogen-bond acceptors (Lipinski definition) is 3. The van der Waals surface area contributed by atoms with Gasteiger partial charge in [-0.2, -0.15) is 0 Å². The summed E-state index contributed by atoms with van der Waals surface area (Å²) >= 11 is 0. The average Bonchev–Trinajstić information content (AvgIpc) is 2.55. The monoisotopic (exact) mass is 278 g/mol. The number of aromatic hydroxyl groups is 1. The molecule has 21 heavy (non-hydrogen) atoms. The lowest BCUT2D eigenvalue weighted by Crippen LogP contribution is -2.01. The summed E-state index contributed by atoms with van der Waals surface area (Å²) in [5.74, 6) is 0.527. The molecule has 1 N–H and O–H groups in total. The Morgan fingerprint density at radius 1 is 1.00 bits per heavy atom. The third-order valence-corrected chi connectivity index (χ3v) is 3.48. The summed E-state index contributed by atoms with van der Waals surface area (Å²) in [5.41, 5.74) is 0.861. The summed E-state index contributed by atoms with van der Waals surface area (Å²) in [5, 5.41) is 11.8. The summed E-state index contributed by atoms with van der Waals surface area (Å²) in [6.07, 6.45) is 0. The van der Waals surface area contributed by atoms with Crippen LogP contribution in [0, 0.1) is 0 Å². The van der Waals surface area contributed by atoms with Crippen molar-refractivity contribution >= 4 is 16.6 Å². The third kappa shape index (κ3) is 2.34. The number of ketones is 1. The van der Waals surface area contributed by atoms with E-state index in [2.05, 4.69) is 0 Å². The van der Waals surface area contributed by atoms with E-state index in [9.17, 15) is 9.90 Å². The minimum absolute atomic E-state index is 0.00371. The number of carbonyl (C=O) groups excluding carboxylic acids is 1. The van der Waals surface area contributed by atoms with Crippen molar-refractivity contribution in [1.82, 2.24) is 0 Å². The molecule has 0 aliphatic carbocycles. The van der Waals surface area contributed by atoms with Gasteiger partial charge in [-0.05, 0) is 29.7 Å². The highest BCUT2D eigenvalue weighted by molar-refractivity contribution is 6.13. The van der Waals surface area contributed by atoms with Gasteiger partial charge in [0.15, 0.2) is 5.78 Å². The SMILES string of the molecule is COc1ccc2c(O)c(C(=O)c3ccccc3)ccc2c1. The molecule has 0 aliphatic rings. The van der Waals surface area contributed by atoms with E-state index in [4.69, 9.17) is 4.74 Å². The highest BCUT2D eigenvalue weighted by Crippen LogP contribution is 2.32. The predicted molar refractivity (Wildman–Crippen MR) is 82.0 cm³/mol. The highest BCUT2D eigenvalue weighted by Gasteiger charge is 2.15. The average molecular weight is 278 g/mol. The summed E-state index contributed by atoms with van der Waals surface area (Å²) in [4.78, 5) is 12.4. The number of fused-ring (bicyclic) bond motifs is 1. The van der Waals surface area contributed by atoms with Crippen molar-refractivity contribution in [2.24, 2.45) is 0 Å². The van der Waals surface area contributed by atoms with Gasteiger partial charge in [0, 0.05) is 10.9 Å². The number of carbonyl (C=O) groups is 1. The van der Waals surface area contributed by atoms with Gasteiger partial charge in [0.2, 0.25) is 0 Å². The molecule has 0 amide bonds. The van der Waals surface area contributed by atoms with Gasteiger partial charge in [0.1, 0.15) is 11.5 Å². The summed E-state index contributed by atoms with van der Waals surface area (Å²) in [6.45, 7) is 0. The van der Waals surface area contributed by atoms with Crippen molar-refractivity contribution < 1.29 is 14.6 Å². The maximum absolute atomic E-state index is 12.4. The topological polar surface area (TPSA) is 46.5 Å². The molecule has 3 aromatic rings. The number of benzene rings is 3. The summed E-state index contributed by atoms with van der Waals surface area (Å²) in [6, 6.07) is 17.7. The number of phenolic OH excluding ortho intramolecular Hbond substituents is 1. The Kier molecular flexibility index (Phi) is 3.32. The van der Waals surface area contributed by atoms with Gasteiger partial charge in [-0.25, -0.2) is 0 Å². The number of phenols is 1. The molecule has 0 unspecified atom stereocenters. The maximum atomic E-state index is 12.4.